The number of esters is 1. The van der Waals surface area contributed by atoms with Gasteiger partial charge in [0.15, 0.2) is 0 Å². The molecule has 0 saturated carbocycles. The first-order valence-corrected chi connectivity index (χ1v) is 6.47. The molecule has 0 bridgehead atoms. The average molecular weight is 281 g/mol. The highest BCUT2D eigenvalue weighted by Gasteiger charge is 2.11. The molecule has 1 aromatic rings. The number of rotatable bonds is 6. The number of anilines is 1. The normalized spacial score (nSPS) is 10.0. The highest BCUT2D eigenvalue weighted by Crippen LogP contribution is 2.22. The number of ether oxygens (including phenoxy) is 1. The third kappa shape index (κ3) is 5.07. The van der Waals surface area contributed by atoms with Gasteiger partial charge in [-0.15, -0.1) is 11.3 Å². The molecule has 0 aromatic carbocycles. The fourth-order valence-corrected chi connectivity index (χ4v) is 2.09. The zero-order chi connectivity index (χ0) is 14.3. The number of hydrogen-bond acceptors (Lipinski definition) is 6. The highest BCUT2D eigenvalue weighted by atomic mass is 32.1. The number of carbonyl (C=O) groups excluding carboxylic acids is 2. The van der Waals surface area contributed by atoms with Gasteiger partial charge in [0.2, 0.25) is 5.91 Å². The van der Waals surface area contributed by atoms with Crippen molar-refractivity contribution in [3.05, 3.63) is 17.0 Å². The van der Waals surface area contributed by atoms with E-state index < -0.39 is 0 Å². The summed E-state index contributed by atoms with van der Waals surface area (Å²) in [6.07, 6.45) is 0.246. The van der Waals surface area contributed by atoms with E-state index in [1.807, 2.05) is 6.07 Å². The van der Waals surface area contributed by atoms with Crippen molar-refractivity contribution >= 4 is 28.2 Å². The second kappa shape index (κ2) is 7.51. The average Bonchev–Trinajstić information content (AvgIpc) is 2.83. The summed E-state index contributed by atoms with van der Waals surface area (Å²) in [5.41, 5.74) is 0.460. The van der Waals surface area contributed by atoms with E-state index in [1.54, 1.807) is 23.4 Å². The molecule has 0 atom stereocenters. The fraction of sp³-hybridized carbons (Fsp3) is 0.417. The quantitative estimate of drug-likeness (QED) is 0.788. The Labute approximate surface area is 115 Å². The van der Waals surface area contributed by atoms with Crippen LogP contribution < -0.4 is 5.32 Å². The zero-order valence-electron chi connectivity index (χ0n) is 10.8. The van der Waals surface area contributed by atoms with Gasteiger partial charge in [-0.3, -0.25) is 14.5 Å². The van der Waals surface area contributed by atoms with Gasteiger partial charge in [0.25, 0.3) is 0 Å². The molecule has 1 amide bonds. The highest BCUT2D eigenvalue weighted by molar-refractivity contribution is 7.14. The molecule has 1 heterocycles. The van der Waals surface area contributed by atoms with Crippen LogP contribution in [-0.2, 0) is 14.3 Å². The summed E-state index contributed by atoms with van der Waals surface area (Å²) in [4.78, 5) is 24.4. The maximum atomic E-state index is 11.7. The number of nitrogens with zero attached hydrogens (tertiary/aromatic N) is 2. The van der Waals surface area contributed by atoms with Crippen LogP contribution in [0.25, 0.3) is 0 Å². The number of hydrogen-bond donors (Lipinski definition) is 1. The molecule has 0 fully saturated rings. The third-order valence-corrected chi connectivity index (χ3v) is 3.22. The van der Waals surface area contributed by atoms with Crippen LogP contribution in [0.4, 0.5) is 5.00 Å². The molecule has 0 aliphatic carbocycles. The number of thiophene rings is 1. The van der Waals surface area contributed by atoms with Crippen LogP contribution in [0.2, 0.25) is 0 Å². The molecular formula is C12H15N3O3S. The van der Waals surface area contributed by atoms with E-state index in [4.69, 9.17) is 5.26 Å². The van der Waals surface area contributed by atoms with Gasteiger partial charge in [-0.05, 0) is 18.5 Å². The summed E-state index contributed by atoms with van der Waals surface area (Å²) in [5.74, 6) is -0.524. The van der Waals surface area contributed by atoms with E-state index in [0.29, 0.717) is 17.1 Å². The number of methoxy groups -OCH3 is 1. The van der Waals surface area contributed by atoms with E-state index in [0.717, 1.165) is 0 Å². The number of nitriles is 1. The molecule has 6 nitrogen and oxygen atoms in total. The van der Waals surface area contributed by atoms with Crippen molar-refractivity contribution in [2.45, 2.75) is 6.42 Å². The lowest BCUT2D eigenvalue weighted by atomic mass is 10.3. The molecule has 0 radical (unpaired) electrons. The molecule has 102 valence electrons. The number of amides is 1. The van der Waals surface area contributed by atoms with E-state index in [9.17, 15) is 9.59 Å². The van der Waals surface area contributed by atoms with Gasteiger partial charge in [0.05, 0.1) is 19.2 Å². The van der Waals surface area contributed by atoms with Crippen molar-refractivity contribution in [1.82, 2.24) is 4.90 Å². The standard InChI is InChI=1S/C12H15N3O3S/c1-15(8-11(17)18-2)5-3-10(16)14-12-9(7-13)4-6-19-12/h4,6H,3,5,8H2,1-2H3,(H,14,16). The summed E-state index contributed by atoms with van der Waals surface area (Å²) in [6, 6.07) is 3.66. The number of carbonyl (C=O) groups is 2. The first-order valence-electron chi connectivity index (χ1n) is 5.59. The summed E-state index contributed by atoms with van der Waals surface area (Å²) in [6.45, 7) is 0.584. The van der Waals surface area contributed by atoms with Crippen LogP contribution in [0.5, 0.6) is 0 Å². The number of nitrogens with one attached hydrogen (secondary N) is 1. The molecular weight excluding hydrogens is 266 g/mol. The SMILES string of the molecule is COC(=O)CN(C)CCC(=O)Nc1sccc1C#N. The van der Waals surface area contributed by atoms with Gasteiger partial charge >= 0.3 is 5.97 Å². The van der Waals surface area contributed by atoms with E-state index in [1.165, 1.54) is 18.4 Å². The van der Waals surface area contributed by atoms with Crippen molar-refractivity contribution in [1.29, 1.82) is 5.26 Å². The molecule has 0 saturated heterocycles. The summed E-state index contributed by atoms with van der Waals surface area (Å²) >= 11 is 1.31. The van der Waals surface area contributed by atoms with Gasteiger partial charge in [-0.25, -0.2) is 0 Å². The maximum Gasteiger partial charge on any atom is 0.319 e. The monoisotopic (exact) mass is 281 g/mol. The summed E-state index contributed by atoms with van der Waals surface area (Å²) < 4.78 is 4.53. The Morgan fingerprint density at radius 1 is 1.58 bits per heavy atom. The van der Waals surface area contributed by atoms with Crippen molar-refractivity contribution in [3.63, 3.8) is 0 Å². The first-order chi connectivity index (χ1) is 9.06. The maximum absolute atomic E-state index is 11.7. The van der Waals surface area contributed by atoms with Crippen LogP contribution in [0.1, 0.15) is 12.0 Å². The van der Waals surface area contributed by atoms with Gasteiger partial charge < -0.3 is 10.1 Å². The Bertz CT molecular complexity index is 493. The lowest BCUT2D eigenvalue weighted by Gasteiger charge is -2.14. The van der Waals surface area contributed by atoms with Crippen molar-refractivity contribution in [2.24, 2.45) is 0 Å². The third-order valence-electron chi connectivity index (χ3n) is 2.39. The zero-order valence-corrected chi connectivity index (χ0v) is 11.6. The minimum atomic E-state index is -0.340. The van der Waals surface area contributed by atoms with Crippen molar-refractivity contribution in [3.8, 4) is 6.07 Å². The summed E-state index contributed by atoms with van der Waals surface area (Å²) in [5, 5.41) is 13.8. The molecule has 19 heavy (non-hydrogen) atoms. The molecule has 0 aliphatic heterocycles. The van der Waals surface area contributed by atoms with Crippen molar-refractivity contribution < 1.29 is 14.3 Å². The number of likely N-dealkylation sites (N-methyl/N-ethyl adjacent to an activating group) is 1. The van der Waals surface area contributed by atoms with Crippen LogP contribution >= 0.6 is 11.3 Å². The smallest absolute Gasteiger partial charge is 0.319 e. The minimum absolute atomic E-state index is 0.145. The fourth-order valence-electron chi connectivity index (χ4n) is 1.34. The summed E-state index contributed by atoms with van der Waals surface area (Å²) in [7, 11) is 3.05. The second-order valence-corrected chi connectivity index (χ2v) is 4.80. The first kappa shape index (κ1) is 15.1. The van der Waals surface area contributed by atoms with E-state index in [-0.39, 0.29) is 24.8 Å². The lowest BCUT2D eigenvalue weighted by Crippen LogP contribution is -2.29. The predicted molar refractivity (Wildman–Crippen MR) is 71.8 cm³/mol. The molecule has 1 N–H and O–H groups in total. The van der Waals surface area contributed by atoms with Gasteiger partial charge in [-0.1, -0.05) is 0 Å². The second-order valence-electron chi connectivity index (χ2n) is 3.89. The van der Waals surface area contributed by atoms with Gasteiger partial charge in [0.1, 0.15) is 11.1 Å². The Morgan fingerprint density at radius 3 is 2.95 bits per heavy atom. The molecule has 0 unspecified atom stereocenters. The molecule has 1 aromatic heterocycles. The van der Waals surface area contributed by atoms with Crippen LogP contribution in [-0.4, -0.2) is 44.0 Å². The Hall–Kier alpha value is -1.91. The van der Waals surface area contributed by atoms with Gasteiger partial charge in [-0.2, -0.15) is 5.26 Å². The molecule has 0 aliphatic rings. The minimum Gasteiger partial charge on any atom is -0.468 e. The van der Waals surface area contributed by atoms with E-state index in [2.05, 4.69) is 10.1 Å². The van der Waals surface area contributed by atoms with Crippen LogP contribution in [0, 0.1) is 11.3 Å². The molecule has 1 rings (SSSR count). The van der Waals surface area contributed by atoms with Crippen LogP contribution in [0.15, 0.2) is 11.4 Å². The predicted octanol–water partition coefficient (Wildman–Crippen LogP) is 1.05. The van der Waals surface area contributed by atoms with E-state index >= 15 is 0 Å². The van der Waals surface area contributed by atoms with Crippen LogP contribution in [0.3, 0.4) is 0 Å². The lowest BCUT2D eigenvalue weighted by molar-refractivity contribution is -0.141. The largest absolute Gasteiger partial charge is 0.468 e. The topological polar surface area (TPSA) is 82.4 Å². The van der Waals surface area contributed by atoms with Crippen molar-refractivity contribution in [2.75, 3.05) is 32.6 Å². The Balaban J connectivity index is 2.36. The Morgan fingerprint density at radius 2 is 2.32 bits per heavy atom. The molecule has 0 spiro atoms. The Kier molecular flexibility index (Phi) is 5.99. The molecule has 7 heteroatoms. The van der Waals surface area contributed by atoms with Gasteiger partial charge in [0, 0.05) is 13.0 Å².